The topological polar surface area (TPSA) is 62.0 Å². The van der Waals surface area contributed by atoms with E-state index in [1.807, 2.05) is 41.8 Å². The van der Waals surface area contributed by atoms with Crippen LogP contribution in [0.4, 0.5) is 0 Å². The van der Waals surface area contributed by atoms with Crippen molar-refractivity contribution in [3.63, 3.8) is 0 Å². The second-order valence-electron chi connectivity index (χ2n) is 4.68. The van der Waals surface area contributed by atoms with Gasteiger partial charge in [0.1, 0.15) is 5.56 Å². The molecule has 4 nitrogen and oxygen atoms in total. The number of hydrogen-bond donors (Lipinski definition) is 2. The molecule has 0 fully saturated rings. The highest BCUT2D eigenvalue weighted by molar-refractivity contribution is 7.09. The summed E-state index contributed by atoms with van der Waals surface area (Å²) in [6.45, 7) is 0.519. The van der Waals surface area contributed by atoms with Crippen molar-refractivity contribution >= 4 is 28.1 Å². The molecule has 0 saturated heterocycles. The third-order valence-corrected chi connectivity index (χ3v) is 4.17. The highest BCUT2D eigenvalue weighted by Gasteiger charge is 2.11. The minimum absolute atomic E-state index is 0.153. The van der Waals surface area contributed by atoms with Gasteiger partial charge in [-0.2, -0.15) is 0 Å². The molecule has 0 aliphatic rings. The van der Waals surface area contributed by atoms with Crippen LogP contribution in [-0.2, 0) is 6.42 Å². The van der Waals surface area contributed by atoms with Gasteiger partial charge >= 0.3 is 0 Å². The van der Waals surface area contributed by atoms with Gasteiger partial charge in [0.05, 0.1) is 0 Å². The number of amides is 1. The Bertz CT molecular complexity index is 822. The van der Waals surface area contributed by atoms with Crippen LogP contribution in [0.3, 0.4) is 0 Å². The lowest BCUT2D eigenvalue weighted by molar-refractivity contribution is 0.0953. The summed E-state index contributed by atoms with van der Waals surface area (Å²) in [5.74, 6) is -0.335. The normalized spacial score (nSPS) is 10.7. The Morgan fingerprint density at radius 3 is 2.86 bits per heavy atom. The van der Waals surface area contributed by atoms with E-state index in [2.05, 4.69) is 10.3 Å². The first-order chi connectivity index (χ1) is 10.2. The number of H-pyrrole nitrogens is 1. The minimum Gasteiger partial charge on any atom is -0.352 e. The SMILES string of the molecule is O=C(NCCc1cccs1)c1cc2ccccc2[nH]c1=O. The molecule has 2 heterocycles. The zero-order valence-electron chi connectivity index (χ0n) is 11.3. The van der Waals surface area contributed by atoms with Gasteiger partial charge in [-0.15, -0.1) is 11.3 Å². The summed E-state index contributed by atoms with van der Waals surface area (Å²) in [5, 5.41) is 5.64. The van der Waals surface area contributed by atoms with Crippen LogP contribution in [0, 0.1) is 0 Å². The molecular formula is C16H14N2O2S. The Kier molecular flexibility index (Phi) is 3.83. The number of benzene rings is 1. The lowest BCUT2D eigenvalue weighted by Crippen LogP contribution is -2.30. The van der Waals surface area contributed by atoms with Gasteiger partial charge in [0, 0.05) is 16.9 Å². The molecular weight excluding hydrogens is 284 g/mol. The molecule has 106 valence electrons. The monoisotopic (exact) mass is 298 g/mol. The quantitative estimate of drug-likeness (QED) is 0.777. The number of nitrogens with one attached hydrogen (secondary N) is 2. The van der Waals surface area contributed by atoms with Crippen molar-refractivity contribution in [1.29, 1.82) is 0 Å². The molecule has 0 radical (unpaired) electrons. The maximum atomic E-state index is 12.1. The van der Waals surface area contributed by atoms with Gasteiger partial charge in [0.15, 0.2) is 0 Å². The Labute approximate surface area is 125 Å². The summed E-state index contributed by atoms with van der Waals surface area (Å²) in [7, 11) is 0. The van der Waals surface area contributed by atoms with E-state index in [1.54, 1.807) is 17.4 Å². The number of hydrogen-bond acceptors (Lipinski definition) is 3. The molecule has 0 saturated carbocycles. The molecule has 0 atom stereocenters. The Hall–Kier alpha value is -2.40. The van der Waals surface area contributed by atoms with Gasteiger partial charge in [0.25, 0.3) is 11.5 Å². The third kappa shape index (κ3) is 3.03. The highest BCUT2D eigenvalue weighted by Crippen LogP contribution is 2.10. The van der Waals surface area contributed by atoms with Gasteiger partial charge < -0.3 is 10.3 Å². The molecule has 3 rings (SSSR count). The number of carbonyl (C=O) groups excluding carboxylic acids is 1. The number of aromatic amines is 1. The second-order valence-corrected chi connectivity index (χ2v) is 5.72. The number of fused-ring (bicyclic) bond motifs is 1. The predicted molar refractivity (Wildman–Crippen MR) is 84.9 cm³/mol. The van der Waals surface area contributed by atoms with E-state index in [0.717, 1.165) is 17.3 Å². The van der Waals surface area contributed by atoms with E-state index < -0.39 is 0 Å². The standard InChI is InChI=1S/C16H14N2O2S/c19-15(17-8-7-12-5-3-9-21-12)13-10-11-4-1-2-6-14(11)18-16(13)20/h1-6,9-10H,7-8H2,(H,17,19)(H,18,20). The maximum Gasteiger partial charge on any atom is 0.261 e. The number of carbonyl (C=O) groups is 1. The minimum atomic E-state index is -0.359. The van der Waals surface area contributed by atoms with Crippen molar-refractivity contribution in [2.24, 2.45) is 0 Å². The number of para-hydroxylation sites is 1. The number of aromatic nitrogens is 1. The van der Waals surface area contributed by atoms with E-state index in [1.165, 1.54) is 4.88 Å². The molecule has 21 heavy (non-hydrogen) atoms. The summed E-state index contributed by atoms with van der Waals surface area (Å²) >= 11 is 1.66. The van der Waals surface area contributed by atoms with Crippen LogP contribution in [-0.4, -0.2) is 17.4 Å². The average molecular weight is 298 g/mol. The van der Waals surface area contributed by atoms with Crippen molar-refractivity contribution in [1.82, 2.24) is 10.3 Å². The number of pyridine rings is 1. The molecule has 0 aliphatic carbocycles. The molecule has 2 N–H and O–H groups in total. The smallest absolute Gasteiger partial charge is 0.261 e. The summed E-state index contributed by atoms with van der Waals surface area (Å²) < 4.78 is 0. The highest BCUT2D eigenvalue weighted by atomic mass is 32.1. The summed E-state index contributed by atoms with van der Waals surface area (Å²) in [4.78, 5) is 28.0. The first kappa shape index (κ1) is 13.6. The fraction of sp³-hybridized carbons (Fsp3) is 0.125. The van der Waals surface area contributed by atoms with E-state index >= 15 is 0 Å². The first-order valence-corrected chi connectivity index (χ1v) is 7.54. The van der Waals surface area contributed by atoms with Crippen LogP contribution < -0.4 is 10.9 Å². The molecule has 0 aliphatic heterocycles. The second kappa shape index (κ2) is 5.93. The van der Waals surface area contributed by atoms with Crippen molar-refractivity contribution in [3.05, 3.63) is 68.6 Å². The van der Waals surface area contributed by atoms with Crippen molar-refractivity contribution in [3.8, 4) is 0 Å². The largest absolute Gasteiger partial charge is 0.352 e. The van der Waals surface area contributed by atoms with Gasteiger partial charge in [-0.05, 0) is 35.4 Å². The third-order valence-electron chi connectivity index (χ3n) is 3.24. The Morgan fingerprint density at radius 2 is 2.05 bits per heavy atom. The van der Waals surface area contributed by atoms with Crippen LogP contribution in [0.2, 0.25) is 0 Å². The van der Waals surface area contributed by atoms with Gasteiger partial charge in [-0.25, -0.2) is 0 Å². The van der Waals surface area contributed by atoms with E-state index in [-0.39, 0.29) is 17.0 Å². The molecule has 3 aromatic rings. The Balaban J connectivity index is 1.75. The molecule has 0 bridgehead atoms. The average Bonchev–Trinajstić information content (AvgIpc) is 2.99. The van der Waals surface area contributed by atoms with Crippen LogP contribution in [0.25, 0.3) is 10.9 Å². The zero-order valence-corrected chi connectivity index (χ0v) is 12.1. The molecule has 5 heteroatoms. The van der Waals surface area contributed by atoms with Crippen LogP contribution >= 0.6 is 11.3 Å². The van der Waals surface area contributed by atoms with Crippen molar-refractivity contribution < 1.29 is 4.79 Å². The van der Waals surface area contributed by atoms with Crippen LogP contribution in [0.5, 0.6) is 0 Å². The molecule has 2 aromatic heterocycles. The van der Waals surface area contributed by atoms with E-state index in [0.29, 0.717) is 6.54 Å². The summed E-state index contributed by atoms with van der Waals surface area (Å²) in [6.07, 6.45) is 0.773. The maximum absolute atomic E-state index is 12.1. The number of thiophene rings is 1. The molecule has 1 amide bonds. The van der Waals surface area contributed by atoms with Crippen LogP contribution in [0.15, 0.2) is 52.6 Å². The zero-order chi connectivity index (χ0) is 14.7. The molecule has 0 spiro atoms. The van der Waals surface area contributed by atoms with Gasteiger partial charge in [-0.1, -0.05) is 24.3 Å². The van der Waals surface area contributed by atoms with E-state index in [4.69, 9.17) is 0 Å². The number of rotatable bonds is 4. The fourth-order valence-electron chi connectivity index (χ4n) is 2.17. The fourth-order valence-corrected chi connectivity index (χ4v) is 2.87. The molecule has 1 aromatic carbocycles. The van der Waals surface area contributed by atoms with Crippen LogP contribution in [0.1, 0.15) is 15.2 Å². The van der Waals surface area contributed by atoms with Gasteiger partial charge in [0.2, 0.25) is 0 Å². The predicted octanol–water partition coefficient (Wildman–Crippen LogP) is 2.56. The van der Waals surface area contributed by atoms with Gasteiger partial charge in [-0.3, -0.25) is 9.59 Å². The van der Waals surface area contributed by atoms with E-state index in [9.17, 15) is 9.59 Å². The summed E-state index contributed by atoms with van der Waals surface area (Å²) in [5.41, 5.74) is 0.528. The first-order valence-electron chi connectivity index (χ1n) is 6.67. The van der Waals surface area contributed by atoms with Crippen molar-refractivity contribution in [2.45, 2.75) is 6.42 Å². The lowest BCUT2D eigenvalue weighted by Gasteiger charge is -2.05. The summed E-state index contributed by atoms with van der Waals surface area (Å²) in [6, 6.07) is 13.0. The van der Waals surface area contributed by atoms with Crippen molar-refractivity contribution in [2.75, 3.05) is 6.54 Å². The lowest BCUT2D eigenvalue weighted by atomic mass is 10.1. The molecule has 0 unspecified atom stereocenters. The Morgan fingerprint density at radius 1 is 1.19 bits per heavy atom.